The molecule has 2 aliphatic heterocycles. The van der Waals surface area contributed by atoms with Crippen molar-refractivity contribution < 1.29 is 53.7 Å². The second-order valence-corrected chi connectivity index (χ2v) is 3.73. The van der Waals surface area contributed by atoms with E-state index < -0.39 is 5.97 Å². The molecule has 18 heavy (non-hydrogen) atoms. The van der Waals surface area contributed by atoms with Gasteiger partial charge in [0.15, 0.2) is 0 Å². The van der Waals surface area contributed by atoms with Crippen molar-refractivity contribution in [2.75, 3.05) is 13.2 Å². The Bertz CT molecular complexity index is 332. The summed E-state index contributed by atoms with van der Waals surface area (Å²) in [5, 5.41) is 10.0. The first-order valence-electron chi connectivity index (χ1n) is 5.48. The minimum absolute atomic E-state index is 0. The van der Waals surface area contributed by atoms with Crippen LogP contribution >= 0.6 is 0 Å². The second-order valence-electron chi connectivity index (χ2n) is 3.73. The molecule has 2 heterocycles. The number of hydrogen-bond donors (Lipinski definition) is 0. The summed E-state index contributed by atoms with van der Waals surface area (Å²) in [6.07, 6.45) is 3.66. The maximum atomic E-state index is 10.5. The van der Waals surface area contributed by atoms with Crippen LogP contribution < -0.4 is 34.7 Å². The van der Waals surface area contributed by atoms with E-state index in [1.54, 1.807) is 0 Å². The van der Waals surface area contributed by atoms with E-state index in [-0.39, 0.29) is 41.1 Å². The maximum absolute atomic E-state index is 10.5. The minimum Gasteiger partial charge on any atom is -0.878 e. The van der Waals surface area contributed by atoms with Crippen LogP contribution in [0.5, 0.6) is 0 Å². The number of esters is 2. The molecule has 0 amide bonds. The molecule has 0 spiro atoms. The van der Waals surface area contributed by atoms with Crippen LogP contribution in [-0.2, 0) is 19.1 Å². The van der Waals surface area contributed by atoms with E-state index in [1.165, 1.54) is 0 Å². The fraction of sp³-hybridized carbons (Fsp3) is 0.500. The van der Waals surface area contributed by atoms with Gasteiger partial charge in [0, 0.05) is 11.1 Å². The fourth-order valence-electron chi connectivity index (χ4n) is 1.38. The van der Waals surface area contributed by atoms with E-state index in [0.717, 1.165) is 19.3 Å². The van der Waals surface area contributed by atoms with Crippen molar-refractivity contribution in [2.24, 2.45) is 0 Å². The number of hydrogen-bond acceptors (Lipinski definition) is 5. The maximum Gasteiger partial charge on any atom is 1.00 e. The van der Waals surface area contributed by atoms with Crippen LogP contribution in [0.15, 0.2) is 24.0 Å². The molecule has 0 aliphatic carbocycles. The van der Waals surface area contributed by atoms with Gasteiger partial charge in [-0.25, -0.2) is 9.59 Å². The monoisotopic (exact) mass is 262 g/mol. The van der Waals surface area contributed by atoms with E-state index in [0.29, 0.717) is 31.5 Å². The predicted molar refractivity (Wildman–Crippen MR) is 57.6 cm³/mol. The predicted octanol–water partition coefficient (Wildman–Crippen LogP) is -2.55. The van der Waals surface area contributed by atoms with E-state index in [4.69, 9.17) is 0 Å². The molecular formula is C12H15NaO5. The summed E-state index contributed by atoms with van der Waals surface area (Å²) in [5.74, 6) is -0.674. The molecule has 5 nitrogen and oxygen atoms in total. The molecule has 0 aromatic rings. The number of cyclic esters (lactones) is 2. The van der Waals surface area contributed by atoms with E-state index >= 15 is 0 Å². The average molecular weight is 262 g/mol. The quantitative estimate of drug-likeness (QED) is 0.208. The molecule has 0 bridgehead atoms. The van der Waals surface area contributed by atoms with Crippen molar-refractivity contribution in [3.63, 3.8) is 0 Å². The Hall–Kier alpha value is -0.780. The van der Waals surface area contributed by atoms with E-state index in [9.17, 15) is 14.7 Å². The largest absolute Gasteiger partial charge is 1.00 e. The Balaban J connectivity index is 0.000000306. The summed E-state index contributed by atoms with van der Waals surface area (Å²) in [6.45, 7) is 4.54. The van der Waals surface area contributed by atoms with Crippen LogP contribution in [0.4, 0.5) is 0 Å². The van der Waals surface area contributed by atoms with Crippen molar-refractivity contribution in [2.45, 2.75) is 25.7 Å². The molecule has 0 N–H and O–H groups in total. The normalized spacial score (nSPS) is 21.1. The Labute approximate surface area is 128 Å². The van der Waals surface area contributed by atoms with Gasteiger partial charge in [0.05, 0.1) is 13.2 Å². The van der Waals surface area contributed by atoms with Crippen molar-refractivity contribution in [3.8, 4) is 0 Å². The Morgan fingerprint density at radius 1 is 1.06 bits per heavy atom. The molecule has 0 radical (unpaired) electrons. The molecule has 0 saturated carbocycles. The summed E-state index contributed by atoms with van der Waals surface area (Å²) in [5.41, 5.74) is 0.873. The van der Waals surface area contributed by atoms with Crippen LogP contribution in [0.1, 0.15) is 25.7 Å². The molecule has 0 aromatic carbocycles. The zero-order valence-corrected chi connectivity index (χ0v) is 12.6. The molecule has 0 aromatic heterocycles. The van der Waals surface area contributed by atoms with Gasteiger partial charge < -0.3 is 14.6 Å². The first-order chi connectivity index (χ1) is 8.15. The van der Waals surface area contributed by atoms with Crippen molar-refractivity contribution >= 4 is 11.9 Å². The molecule has 0 atom stereocenters. The van der Waals surface area contributed by atoms with Crippen molar-refractivity contribution in [1.82, 2.24) is 0 Å². The number of carbonyl (C=O) groups is 2. The van der Waals surface area contributed by atoms with E-state index in [2.05, 4.69) is 16.1 Å². The zero-order chi connectivity index (χ0) is 12.7. The van der Waals surface area contributed by atoms with Gasteiger partial charge >= 0.3 is 41.5 Å². The third kappa shape index (κ3) is 5.71. The molecule has 2 rings (SSSR count). The molecular weight excluding hydrogens is 247 g/mol. The summed E-state index contributed by atoms with van der Waals surface area (Å²) < 4.78 is 9.23. The first kappa shape index (κ1) is 17.2. The summed E-state index contributed by atoms with van der Waals surface area (Å²) in [4.78, 5) is 21.0. The molecule has 6 heteroatoms. The van der Waals surface area contributed by atoms with Gasteiger partial charge in [0.25, 0.3) is 0 Å². The van der Waals surface area contributed by atoms with Crippen molar-refractivity contribution in [1.29, 1.82) is 0 Å². The Morgan fingerprint density at radius 3 is 1.94 bits per heavy atom. The van der Waals surface area contributed by atoms with Gasteiger partial charge in [0.1, 0.15) is 0 Å². The third-order valence-electron chi connectivity index (χ3n) is 2.37. The topological polar surface area (TPSA) is 75.7 Å². The van der Waals surface area contributed by atoms with Crippen LogP contribution in [0.25, 0.3) is 0 Å². The number of carbonyl (C=O) groups excluding carboxylic acids is 2. The number of ether oxygens (including phenoxy) is 2. The molecule has 0 unspecified atom stereocenters. The minimum atomic E-state index is -0.448. The van der Waals surface area contributed by atoms with Crippen LogP contribution in [0.3, 0.4) is 0 Å². The molecule has 2 saturated heterocycles. The van der Waals surface area contributed by atoms with Crippen LogP contribution in [-0.4, -0.2) is 25.2 Å². The Kier molecular flexibility index (Phi) is 8.79. The smallest absolute Gasteiger partial charge is 0.878 e. The third-order valence-corrected chi connectivity index (χ3v) is 2.37. The van der Waals surface area contributed by atoms with Crippen molar-refractivity contribution in [3.05, 3.63) is 24.0 Å². The van der Waals surface area contributed by atoms with Crippen LogP contribution in [0, 0.1) is 0 Å². The summed E-state index contributed by atoms with van der Waals surface area (Å²) in [6, 6.07) is 0. The van der Waals surface area contributed by atoms with Gasteiger partial charge in [-0.2, -0.15) is 0 Å². The number of rotatable bonds is 0. The SMILES string of the molecule is C=C1CCCOC1=O.O=C1OCCC/C1=C\[O-].[Na+]. The van der Waals surface area contributed by atoms with Gasteiger partial charge in [0.2, 0.25) is 0 Å². The fourth-order valence-corrected chi connectivity index (χ4v) is 1.38. The first-order valence-corrected chi connectivity index (χ1v) is 5.48. The van der Waals surface area contributed by atoms with E-state index in [1.807, 2.05) is 0 Å². The zero-order valence-electron chi connectivity index (χ0n) is 10.6. The van der Waals surface area contributed by atoms with Gasteiger partial charge in [-0.05, 0) is 25.7 Å². The van der Waals surface area contributed by atoms with Gasteiger partial charge in [-0.1, -0.05) is 6.58 Å². The standard InChI is InChI=1S/C6H8O3.C6H8O2.Na/c7-4-5-2-1-3-9-6(5)8;1-5-3-2-4-8-6(5)7;/h4,7H,1-3H2;1-4H2;/q;;+1/p-1/b5-4+;;. The summed E-state index contributed by atoms with van der Waals surface area (Å²) >= 11 is 0. The van der Waals surface area contributed by atoms with Gasteiger partial charge in [-0.15, -0.1) is 6.26 Å². The summed E-state index contributed by atoms with van der Waals surface area (Å²) in [7, 11) is 0. The molecule has 2 fully saturated rings. The van der Waals surface area contributed by atoms with Gasteiger partial charge in [-0.3, -0.25) is 0 Å². The average Bonchev–Trinajstić information content (AvgIpc) is 2.34. The molecule has 2 aliphatic rings. The Morgan fingerprint density at radius 2 is 1.61 bits per heavy atom. The van der Waals surface area contributed by atoms with Crippen LogP contribution in [0.2, 0.25) is 0 Å². The second kappa shape index (κ2) is 9.19. The molecule has 94 valence electrons.